The second kappa shape index (κ2) is 10.6. The summed E-state index contributed by atoms with van der Waals surface area (Å²) in [6.45, 7) is 4.12. The quantitative estimate of drug-likeness (QED) is 0.295. The van der Waals surface area contributed by atoms with E-state index in [4.69, 9.17) is 9.94 Å². The number of nitrogens with one attached hydrogen (secondary N) is 2. The molecule has 0 aliphatic rings. The van der Waals surface area contributed by atoms with Gasteiger partial charge in [0, 0.05) is 5.56 Å². The van der Waals surface area contributed by atoms with Crippen LogP contribution in [0.15, 0.2) is 24.3 Å². The van der Waals surface area contributed by atoms with Gasteiger partial charge in [-0.3, -0.25) is 14.8 Å². The highest BCUT2D eigenvalue weighted by Crippen LogP contribution is 2.13. The van der Waals surface area contributed by atoms with Crippen molar-refractivity contribution in [3.63, 3.8) is 0 Å². The van der Waals surface area contributed by atoms with E-state index >= 15 is 0 Å². The minimum absolute atomic E-state index is 0.324. The SMILES string of the molecule is CCCCCCOc1ccc(C(=O)N[C@H](C(=O)NO)[C@@H](C)O)cc1. The molecule has 0 bridgehead atoms. The first-order valence-electron chi connectivity index (χ1n) is 8.15. The molecule has 7 heteroatoms. The summed E-state index contributed by atoms with van der Waals surface area (Å²) < 4.78 is 5.59. The molecule has 4 N–H and O–H groups in total. The predicted molar refractivity (Wildman–Crippen MR) is 88.9 cm³/mol. The molecular formula is C17H26N2O5. The zero-order chi connectivity index (χ0) is 17.9. The zero-order valence-corrected chi connectivity index (χ0v) is 14.1. The molecule has 1 aromatic rings. The Balaban J connectivity index is 2.55. The van der Waals surface area contributed by atoms with Gasteiger partial charge >= 0.3 is 0 Å². The van der Waals surface area contributed by atoms with Gasteiger partial charge in [-0.2, -0.15) is 0 Å². The molecule has 0 fully saturated rings. The van der Waals surface area contributed by atoms with Gasteiger partial charge in [-0.05, 0) is 37.6 Å². The number of aliphatic hydroxyl groups excluding tert-OH is 1. The number of rotatable bonds is 10. The smallest absolute Gasteiger partial charge is 0.268 e. The Bertz CT molecular complexity index is 516. The average Bonchev–Trinajstić information content (AvgIpc) is 2.58. The molecule has 0 unspecified atom stereocenters. The molecule has 1 aromatic carbocycles. The molecule has 0 aliphatic heterocycles. The van der Waals surface area contributed by atoms with E-state index in [9.17, 15) is 14.7 Å². The summed E-state index contributed by atoms with van der Waals surface area (Å²) in [5.41, 5.74) is 1.74. The normalized spacial score (nSPS) is 13.0. The summed E-state index contributed by atoms with van der Waals surface area (Å²) in [7, 11) is 0. The number of ether oxygens (including phenoxy) is 1. The molecule has 7 nitrogen and oxygen atoms in total. The number of hydrogen-bond donors (Lipinski definition) is 4. The maximum atomic E-state index is 12.1. The summed E-state index contributed by atoms with van der Waals surface area (Å²) >= 11 is 0. The van der Waals surface area contributed by atoms with Gasteiger partial charge in [-0.25, -0.2) is 5.48 Å². The summed E-state index contributed by atoms with van der Waals surface area (Å²) in [5, 5.41) is 20.5. The third-order valence-electron chi connectivity index (χ3n) is 3.54. The Hall–Kier alpha value is -2.12. The lowest BCUT2D eigenvalue weighted by Crippen LogP contribution is -2.51. The van der Waals surface area contributed by atoms with E-state index in [-0.39, 0.29) is 0 Å². The Morgan fingerprint density at radius 3 is 2.38 bits per heavy atom. The minimum atomic E-state index is -1.24. The predicted octanol–water partition coefficient (Wildman–Crippen LogP) is 1.63. The van der Waals surface area contributed by atoms with E-state index in [2.05, 4.69) is 12.2 Å². The molecule has 0 heterocycles. The lowest BCUT2D eigenvalue weighted by Gasteiger charge is -2.19. The third-order valence-corrected chi connectivity index (χ3v) is 3.54. The second-order valence-corrected chi connectivity index (χ2v) is 5.60. The van der Waals surface area contributed by atoms with E-state index in [1.807, 2.05) is 0 Å². The summed E-state index contributed by atoms with van der Waals surface area (Å²) in [6, 6.07) is 5.27. The first-order valence-corrected chi connectivity index (χ1v) is 8.15. The summed E-state index contributed by atoms with van der Waals surface area (Å²) in [5.74, 6) is -0.743. The number of carbonyl (C=O) groups excluding carboxylic acids is 2. The monoisotopic (exact) mass is 338 g/mol. The van der Waals surface area contributed by atoms with Crippen molar-refractivity contribution < 1.29 is 24.6 Å². The first kappa shape index (κ1) is 19.9. The van der Waals surface area contributed by atoms with Crippen LogP contribution in [0.2, 0.25) is 0 Å². The lowest BCUT2D eigenvalue weighted by molar-refractivity contribution is -0.133. The number of hydroxylamine groups is 1. The highest BCUT2D eigenvalue weighted by molar-refractivity contribution is 5.97. The molecule has 0 saturated heterocycles. The van der Waals surface area contributed by atoms with Crippen molar-refractivity contribution in [2.75, 3.05) is 6.61 Å². The standard InChI is InChI=1S/C17H26N2O5/c1-3-4-5-6-11-24-14-9-7-13(8-10-14)16(21)18-15(12(2)20)17(22)19-23/h7-10,12,15,20,23H,3-6,11H2,1-2H3,(H,18,21)(H,19,22)/t12-,15+/m1/s1. The number of amides is 2. The average molecular weight is 338 g/mol. The molecule has 2 amide bonds. The Morgan fingerprint density at radius 2 is 1.83 bits per heavy atom. The van der Waals surface area contributed by atoms with Gasteiger partial charge < -0.3 is 15.2 Å². The highest BCUT2D eigenvalue weighted by Gasteiger charge is 2.25. The molecular weight excluding hydrogens is 312 g/mol. The van der Waals surface area contributed by atoms with E-state index in [1.165, 1.54) is 25.2 Å². The number of unbranched alkanes of at least 4 members (excludes halogenated alkanes) is 3. The van der Waals surface area contributed by atoms with E-state index in [1.54, 1.807) is 24.3 Å². The van der Waals surface area contributed by atoms with Gasteiger partial charge in [0.25, 0.3) is 11.8 Å². The van der Waals surface area contributed by atoms with Gasteiger partial charge in [-0.1, -0.05) is 26.2 Å². The maximum absolute atomic E-state index is 12.1. The van der Waals surface area contributed by atoms with Crippen LogP contribution in [0.25, 0.3) is 0 Å². The van der Waals surface area contributed by atoms with E-state index < -0.39 is 24.0 Å². The van der Waals surface area contributed by atoms with Gasteiger partial charge in [-0.15, -0.1) is 0 Å². The van der Waals surface area contributed by atoms with Gasteiger partial charge in [0.1, 0.15) is 11.8 Å². The maximum Gasteiger partial charge on any atom is 0.268 e. The van der Waals surface area contributed by atoms with Crippen LogP contribution in [0.5, 0.6) is 5.75 Å². The molecule has 2 atom stereocenters. The van der Waals surface area contributed by atoms with Crippen molar-refractivity contribution >= 4 is 11.8 Å². The number of hydrogen-bond acceptors (Lipinski definition) is 5. The Kier molecular flexibility index (Phi) is 8.81. The van der Waals surface area contributed by atoms with Crippen molar-refractivity contribution in [2.24, 2.45) is 0 Å². The Morgan fingerprint density at radius 1 is 1.17 bits per heavy atom. The molecule has 0 spiro atoms. The minimum Gasteiger partial charge on any atom is -0.494 e. The third kappa shape index (κ3) is 6.55. The van der Waals surface area contributed by atoms with Crippen LogP contribution >= 0.6 is 0 Å². The molecule has 24 heavy (non-hydrogen) atoms. The highest BCUT2D eigenvalue weighted by atomic mass is 16.5. The molecule has 0 aromatic heterocycles. The van der Waals surface area contributed by atoms with E-state index in [0.717, 1.165) is 12.8 Å². The summed E-state index contributed by atoms with van der Waals surface area (Å²) in [4.78, 5) is 23.5. The Labute approximate surface area is 142 Å². The van der Waals surface area contributed by atoms with Crippen LogP contribution in [0, 0.1) is 0 Å². The largest absolute Gasteiger partial charge is 0.494 e. The molecule has 0 aliphatic carbocycles. The first-order chi connectivity index (χ1) is 11.5. The van der Waals surface area contributed by atoms with Gasteiger partial charge in [0.05, 0.1) is 12.7 Å². The summed E-state index contributed by atoms with van der Waals surface area (Å²) in [6.07, 6.45) is 3.33. The van der Waals surface area contributed by atoms with Crippen LogP contribution in [-0.2, 0) is 4.79 Å². The number of benzene rings is 1. The molecule has 0 saturated carbocycles. The van der Waals surface area contributed by atoms with Crippen LogP contribution in [0.4, 0.5) is 0 Å². The van der Waals surface area contributed by atoms with Crippen LogP contribution in [0.1, 0.15) is 49.9 Å². The lowest BCUT2D eigenvalue weighted by atomic mass is 10.1. The van der Waals surface area contributed by atoms with Gasteiger partial charge in [0.15, 0.2) is 0 Å². The van der Waals surface area contributed by atoms with Crippen LogP contribution < -0.4 is 15.5 Å². The van der Waals surface area contributed by atoms with Crippen molar-refractivity contribution in [2.45, 2.75) is 51.7 Å². The van der Waals surface area contributed by atoms with Crippen molar-refractivity contribution in [3.05, 3.63) is 29.8 Å². The van der Waals surface area contributed by atoms with Crippen molar-refractivity contribution in [3.8, 4) is 5.75 Å². The van der Waals surface area contributed by atoms with Crippen LogP contribution in [-0.4, -0.2) is 40.9 Å². The van der Waals surface area contributed by atoms with E-state index in [0.29, 0.717) is 17.9 Å². The zero-order valence-electron chi connectivity index (χ0n) is 14.1. The van der Waals surface area contributed by atoms with Crippen molar-refractivity contribution in [1.82, 2.24) is 10.8 Å². The fourth-order valence-corrected chi connectivity index (χ4v) is 2.12. The van der Waals surface area contributed by atoms with Gasteiger partial charge in [0.2, 0.25) is 0 Å². The molecule has 134 valence electrons. The fourth-order valence-electron chi connectivity index (χ4n) is 2.12. The topological polar surface area (TPSA) is 108 Å². The number of carbonyl (C=O) groups is 2. The molecule has 0 radical (unpaired) electrons. The number of aliphatic hydroxyl groups is 1. The van der Waals surface area contributed by atoms with Crippen LogP contribution in [0.3, 0.4) is 0 Å². The second-order valence-electron chi connectivity index (χ2n) is 5.60. The molecule has 1 rings (SSSR count). The fraction of sp³-hybridized carbons (Fsp3) is 0.529. The van der Waals surface area contributed by atoms with Crippen molar-refractivity contribution in [1.29, 1.82) is 0 Å².